The van der Waals surface area contributed by atoms with Gasteiger partial charge in [0.05, 0.1) is 0 Å². The van der Waals surface area contributed by atoms with Gasteiger partial charge in [-0.25, -0.2) is 0 Å². The van der Waals surface area contributed by atoms with Crippen LogP contribution in [-0.4, -0.2) is 22.8 Å². The van der Waals surface area contributed by atoms with Crippen LogP contribution in [0.1, 0.15) is 32.6 Å². The van der Waals surface area contributed by atoms with E-state index in [1.165, 1.54) is 5.56 Å². The highest BCUT2D eigenvalue weighted by Gasteiger charge is 2.36. The van der Waals surface area contributed by atoms with Gasteiger partial charge in [-0.15, -0.1) is 0 Å². The van der Waals surface area contributed by atoms with Gasteiger partial charge in [0.25, 0.3) is 5.91 Å². The van der Waals surface area contributed by atoms with E-state index in [9.17, 15) is 9.59 Å². The molecule has 0 aliphatic carbocycles. The van der Waals surface area contributed by atoms with E-state index in [-0.39, 0.29) is 11.8 Å². The first-order valence-electron chi connectivity index (χ1n) is 9.88. The number of rotatable bonds is 6. The zero-order valence-electron chi connectivity index (χ0n) is 16.5. The third-order valence-corrected chi connectivity index (χ3v) is 5.39. The zero-order chi connectivity index (χ0) is 20.2. The number of benzene rings is 3. The smallest absolute Gasteiger partial charge is 0.255 e. The van der Waals surface area contributed by atoms with Crippen molar-refractivity contribution in [2.24, 2.45) is 0 Å². The Balaban J connectivity index is 1.54. The van der Waals surface area contributed by atoms with Gasteiger partial charge in [-0.3, -0.25) is 9.59 Å². The topological polar surface area (TPSA) is 49.4 Å². The van der Waals surface area contributed by atoms with E-state index in [4.69, 9.17) is 0 Å². The van der Waals surface area contributed by atoms with Crippen LogP contribution in [0.3, 0.4) is 0 Å². The summed E-state index contributed by atoms with van der Waals surface area (Å²) in [5.74, 6) is -0.206. The highest BCUT2D eigenvalue weighted by Crippen LogP contribution is 2.26. The summed E-state index contributed by atoms with van der Waals surface area (Å²) in [6.07, 6.45) is 0.486. The van der Waals surface area contributed by atoms with E-state index in [0.29, 0.717) is 25.1 Å². The van der Waals surface area contributed by atoms with Crippen LogP contribution in [0.15, 0.2) is 78.9 Å². The van der Waals surface area contributed by atoms with Gasteiger partial charge in [0.1, 0.15) is 6.04 Å². The minimum absolute atomic E-state index is 0.0768. The van der Waals surface area contributed by atoms with E-state index in [1.807, 2.05) is 85.8 Å². The van der Waals surface area contributed by atoms with Crippen molar-refractivity contribution in [3.05, 3.63) is 107 Å². The fourth-order valence-electron chi connectivity index (χ4n) is 3.72. The molecule has 3 aromatic rings. The molecular weight excluding hydrogens is 360 g/mol. The van der Waals surface area contributed by atoms with Gasteiger partial charge in [-0.2, -0.15) is 0 Å². The maximum atomic E-state index is 13.2. The van der Waals surface area contributed by atoms with Crippen molar-refractivity contribution >= 4 is 11.8 Å². The fraction of sp³-hybridized carbons (Fsp3) is 0.200. The Bertz CT molecular complexity index is 1010. The summed E-state index contributed by atoms with van der Waals surface area (Å²) >= 11 is 0. The Morgan fingerprint density at radius 2 is 1.62 bits per heavy atom. The molecule has 1 unspecified atom stereocenters. The lowest BCUT2D eigenvalue weighted by Crippen LogP contribution is -2.48. The van der Waals surface area contributed by atoms with Crippen molar-refractivity contribution in [3.8, 4) is 0 Å². The molecule has 1 aliphatic rings. The van der Waals surface area contributed by atoms with Gasteiger partial charge in [-0.1, -0.05) is 78.4 Å². The maximum absolute atomic E-state index is 13.2. The lowest BCUT2D eigenvalue weighted by molar-refractivity contribution is -0.125. The van der Waals surface area contributed by atoms with Crippen LogP contribution < -0.4 is 5.32 Å². The Labute approximate surface area is 171 Å². The highest BCUT2D eigenvalue weighted by molar-refractivity contribution is 6.01. The standard InChI is InChI=1S/C25H24N2O2/c1-18-11-13-20(14-12-18)16-26-24(28)23(15-19-7-3-2-4-8-19)27-17-21-9-5-6-10-22(21)25(27)29/h2-14,23H,15-17H2,1H3,(H,26,28). The Hall–Kier alpha value is -3.40. The molecule has 1 atom stereocenters. The summed E-state index contributed by atoms with van der Waals surface area (Å²) in [4.78, 5) is 27.9. The van der Waals surface area contributed by atoms with Gasteiger partial charge < -0.3 is 10.2 Å². The summed E-state index contributed by atoms with van der Waals surface area (Å²) in [7, 11) is 0. The molecule has 1 aliphatic heterocycles. The molecule has 0 aromatic heterocycles. The summed E-state index contributed by atoms with van der Waals surface area (Å²) in [6, 6.07) is 25.0. The number of hydrogen-bond donors (Lipinski definition) is 1. The first-order valence-corrected chi connectivity index (χ1v) is 9.88. The van der Waals surface area contributed by atoms with Crippen molar-refractivity contribution < 1.29 is 9.59 Å². The quantitative estimate of drug-likeness (QED) is 0.701. The fourth-order valence-corrected chi connectivity index (χ4v) is 3.72. The molecule has 4 heteroatoms. The summed E-state index contributed by atoms with van der Waals surface area (Å²) in [5.41, 5.74) is 4.92. The van der Waals surface area contributed by atoms with Crippen LogP contribution in [0.25, 0.3) is 0 Å². The first kappa shape index (κ1) is 18.9. The van der Waals surface area contributed by atoms with Gasteiger partial charge >= 0.3 is 0 Å². The molecule has 3 aromatic carbocycles. The molecule has 4 rings (SSSR count). The van der Waals surface area contributed by atoms with Crippen molar-refractivity contribution in [3.63, 3.8) is 0 Å². The van der Waals surface area contributed by atoms with Crippen molar-refractivity contribution in [2.45, 2.75) is 32.5 Å². The molecule has 1 heterocycles. The average molecular weight is 384 g/mol. The van der Waals surface area contributed by atoms with E-state index in [0.717, 1.165) is 16.7 Å². The zero-order valence-corrected chi connectivity index (χ0v) is 16.5. The molecule has 4 nitrogen and oxygen atoms in total. The van der Waals surface area contributed by atoms with Crippen molar-refractivity contribution in [2.75, 3.05) is 0 Å². The highest BCUT2D eigenvalue weighted by atomic mass is 16.2. The minimum Gasteiger partial charge on any atom is -0.350 e. The molecule has 0 fully saturated rings. The second-order valence-corrected chi connectivity index (χ2v) is 7.50. The Kier molecular flexibility index (Phi) is 5.43. The van der Waals surface area contributed by atoms with E-state index in [1.54, 1.807) is 4.90 Å². The van der Waals surface area contributed by atoms with Gasteiger partial charge in [0.15, 0.2) is 0 Å². The van der Waals surface area contributed by atoms with Crippen LogP contribution >= 0.6 is 0 Å². The SMILES string of the molecule is Cc1ccc(CNC(=O)C(Cc2ccccc2)N2Cc3ccccc3C2=O)cc1. The molecule has 0 radical (unpaired) electrons. The van der Waals surface area contributed by atoms with Crippen LogP contribution in [0, 0.1) is 6.92 Å². The van der Waals surface area contributed by atoms with Crippen LogP contribution in [0.4, 0.5) is 0 Å². The number of nitrogens with zero attached hydrogens (tertiary/aromatic N) is 1. The number of carbonyl (C=O) groups excluding carboxylic acids is 2. The third kappa shape index (κ3) is 4.21. The molecule has 0 saturated carbocycles. The summed E-state index contributed by atoms with van der Waals surface area (Å²) in [6.45, 7) is 2.94. The normalized spacial score (nSPS) is 13.8. The summed E-state index contributed by atoms with van der Waals surface area (Å²) < 4.78 is 0. The molecule has 29 heavy (non-hydrogen) atoms. The lowest BCUT2D eigenvalue weighted by Gasteiger charge is -2.27. The van der Waals surface area contributed by atoms with E-state index < -0.39 is 6.04 Å². The predicted octanol–water partition coefficient (Wildman–Crippen LogP) is 3.88. The number of nitrogens with one attached hydrogen (secondary N) is 1. The van der Waals surface area contributed by atoms with Crippen LogP contribution in [0.2, 0.25) is 0 Å². The molecule has 2 amide bonds. The summed E-state index contributed by atoms with van der Waals surface area (Å²) in [5, 5.41) is 3.03. The maximum Gasteiger partial charge on any atom is 0.255 e. The van der Waals surface area contributed by atoms with Crippen molar-refractivity contribution in [1.29, 1.82) is 0 Å². The Morgan fingerprint density at radius 3 is 2.34 bits per heavy atom. The molecule has 0 bridgehead atoms. The van der Waals surface area contributed by atoms with Crippen LogP contribution in [0.5, 0.6) is 0 Å². The monoisotopic (exact) mass is 384 g/mol. The number of aryl methyl sites for hydroxylation is 1. The number of carbonyl (C=O) groups is 2. The van der Waals surface area contributed by atoms with Crippen LogP contribution in [-0.2, 0) is 24.3 Å². The number of fused-ring (bicyclic) bond motifs is 1. The largest absolute Gasteiger partial charge is 0.350 e. The predicted molar refractivity (Wildman–Crippen MR) is 113 cm³/mol. The second kappa shape index (κ2) is 8.31. The second-order valence-electron chi connectivity index (χ2n) is 7.50. The Morgan fingerprint density at radius 1 is 0.931 bits per heavy atom. The molecule has 146 valence electrons. The molecule has 0 saturated heterocycles. The van der Waals surface area contributed by atoms with Gasteiger partial charge in [0, 0.05) is 25.1 Å². The number of amides is 2. The van der Waals surface area contributed by atoms with Crippen molar-refractivity contribution in [1.82, 2.24) is 10.2 Å². The van der Waals surface area contributed by atoms with E-state index >= 15 is 0 Å². The minimum atomic E-state index is -0.553. The molecular formula is C25H24N2O2. The third-order valence-electron chi connectivity index (χ3n) is 5.39. The average Bonchev–Trinajstić information content (AvgIpc) is 3.08. The molecule has 0 spiro atoms. The molecule has 1 N–H and O–H groups in total. The first-order chi connectivity index (χ1) is 14.1. The van der Waals surface area contributed by atoms with E-state index in [2.05, 4.69) is 5.32 Å². The van der Waals surface area contributed by atoms with Gasteiger partial charge in [-0.05, 0) is 29.7 Å². The lowest BCUT2D eigenvalue weighted by atomic mass is 10.0. The van der Waals surface area contributed by atoms with Gasteiger partial charge in [0.2, 0.25) is 5.91 Å². The number of hydrogen-bond acceptors (Lipinski definition) is 2.